The van der Waals surface area contributed by atoms with Gasteiger partial charge in [0.2, 0.25) is 0 Å². The zero-order valence-electron chi connectivity index (χ0n) is 51.0. The maximum Gasteiger partial charge on any atom is 0.472 e. The summed E-state index contributed by atoms with van der Waals surface area (Å²) in [5.41, 5.74) is 0. The fraction of sp³-hybridized carbons (Fsp3) is 0.571. The third-order valence-electron chi connectivity index (χ3n) is 12.2. The predicted molar refractivity (Wildman–Crippen MR) is 343 cm³/mol. The number of phosphoric ester groups is 1. The lowest BCUT2D eigenvalue weighted by atomic mass is 10.0. The second kappa shape index (κ2) is 59.0. The highest BCUT2D eigenvalue weighted by Gasteiger charge is 2.27. The monoisotopic (exact) mass is 1130 g/mol. The van der Waals surface area contributed by atoms with E-state index in [0.717, 1.165) is 128 Å². The average molecular weight is 1130 g/mol. The molecule has 0 saturated heterocycles. The topological polar surface area (TPSA) is 108 Å². The molecule has 0 saturated carbocycles. The number of phosphoric acid groups is 1. The van der Waals surface area contributed by atoms with Gasteiger partial charge in [-0.05, 0) is 128 Å². The van der Waals surface area contributed by atoms with E-state index in [9.17, 15) is 19.0 Å². The van der Waals surface area contributed by atoms with Gasteiger partial charge in [0.05, 0.1) is 27.7 Å². The minimum atomic E-state index is -4.41. The van der Waals surface area contributed by atoms with Crippen molar-refractivity contribution in [1.82, 2.24) is 0 Å². The fourth-order valence-corrected chi connectivity index (χ4v) is 8.30. The summed E-state index contributed by atoms with van der Waals surface area (Å²) in [5.74, 6) is -0.865. The Hall–Kier alpha value is -4.63. The Labute approximate surface area is 489 Å². The maximum atomic E-state index is 12.8. The normalized spacial score (nSPS) is 14.4. The molecular weight excluding hydrogens is 1010 g/mol. The molecule has 0 rings (SSSR count). The van der Waals surface area contributed by atoms with Crippen molar-refractivity contribution in [2.24, 2.45) is 0 Å². The van der Waals surface area contributed by atoms with Gasteiger partial charge in [-0.25, -0.2) is 4.57 Å². The molecule has 2 unspecified atom stereocenters. The van der Waals surface area contributed by atoms with Crippen LogP contribution in [0, 0.1) is 0 Å². The van der Waals surface area contributed by atoms with Gasteiger partial charge in [0.25, 0.3) is 0 Å². The van der Waals surface area contributed by atoms with Crippen LogP contribution in [0.5, 0.6) is 0 Å². The van der Waals surface area contributed by atoms with E-state index in [1.807, 2.05) is 21.1 Å². The number of nitrogens with zero attached hydrogens (tertiary/aromatic N) is 1. The lowest BCUT2D eigenvalue weighted by Crippen LogP contribution is -2.37. The van der Waals surface area contributed by atoms with E-state index in [1.165, 1.54) is 38.5 Å². The summed E-state index contributed by atoms with van der Waals surface area (Å²) in [6.45, 7) is 4.12. The van der Waals surface area contributed by atoms with Gasteiger partial charge in [-0.2, -0.15) is 0 Å². The largest absolute Gasteiger partial charge is 0.472 e. The quantitative estimate of drug-likeness (QED) is 0.0211. The van der Waals surface area contributed by atoms with Crippen molar-refractivity contribution in [3.8, 4) is 0 Å². The number of likely N-dealkylation sites (N-methyl/N-ethyl adjacent to an activating group) is 1. The molecule has 450 valence electrons. The number of rotatable bonds is 54. The summed E-state index contributed by atoms with van der Waals surface area (Å²) in [6.07, 6.45) is 90.2. The Morgan fingerprint density at radius 3 is 1.02 bits per heavy atom. The molecule has 0 aliphatic rings. The lowest BCUT2D eigenvalue weighted by molar-refractivity contribution is -0.870. The summed E-state index contributed by atoms with van der Waals surface area (Å²) < 4.78 is 34.5. The van der Waals surface area contributed by atoms with Gasteiger partial charge in [0.1, 0.15) is 19.8 Å². The molecule has 0 fully saturated rings. The minimum absolute atomic E-state index is 0.0153. The minimum Gasteiger partial charge on any atom is -0.462 e. The van der Waals surface area contributed by atoms with Gasteiger partial charge in [0, 0.05) is 12.8 Å². The summed E-state index contributed by atoms with van der Waals surface area (Å²) >= 11 is 0. The third kappa shape index (κ3) is 62.6. The number of quaternary nitrogens is 1. The number of esters is 2. The van der Waals surface area contributed by atoms with E-state index in [4.69, 9.17) is 18.5 Å². The standard InChI is InChI=1S/C70H112NO8P/c1-6-8-10-12-14-16-18-20-22-23-24-25-26-27-28-29-30-31-32-33-34-35-36-37-38-39-40-41-42-43-44-45-46-47-49-51-53-55-57-59-61-63-70(73)79-68(67-78-80(74,75)77-65-64-71(3,4)5)66-76-69(72)62-60-58-56-54-52-50-48-21-19-17-15-13-11-9-7-2/h8-11,14-17,20-22,24-25,27-28,30-31,33-34,36-37,39-40,42-43,48,52,54,68H,6-7,12-13,18-19,23,26,29,32,35,38,41,44-47,49-51,53,55-67H2,1-5H3/p+1/b10-8-,11-9-,16-14-,17-15-,22-20-,25-24-,28-27-,31-30-,34-33-,37-36-,40-39-,43-42-,48-21-,54-52-. The maximum absolute atomic E-state index is 12.8. The van der Waals surface area contributed by atoms with Crippen LogP contribution in [0.1, 0.15) is 206 Å². The van der Waals surface area contributed by atoms with Gasteiger partial charge in [-0.15, -0.1) is 0 Å². The lowest BCUT2D eigenvalue weighted by Gasteiger charge is -2.24. The molecule has 80 heavy (non-hydrogen) atoms. The van der Waals surface area contributed by atoms with Gasteiger partial charge in [-0.3, -0.25) is 18.6 Å². The van der Waals surface area contributed by atoms with Crippen molar-refractivity contribution in [2.75, 3.05) is 47.5 Å². The summed E-state index contributed by atoms with van der Waals surface area (Å²) in [7, 11) is 1.43. The van der Waals surface area contributed by atoms with E-state index < -0.39 is 32.5 Å². The van der Waals surface area contributed by atoms with Crippen LogP contribution in [0.4, 0.5) is 0 Å². The third-order valence-corrected chi connectivity index (χ3v) is 13.2. The van der Waals surface area contributed by atoms with Crippen LogP contribution >= 0.6 is 7.82 Å². The Morgan fingerprint density at radius 1 is 0.388 bits per heavy atom. The summed E-state index contributed by atoms with van der Waals surface area (Å²) in [4.78, 5) is 35.6. The van der Waals surface area contributed by atoms with Crippen molar-refractivity contribution in [3.05, 3.63) is 170 Å². The number of unbranched alkanes of at least 4 members (excludes halogenated alkanes) is 12. The van der Waals surface area contributed by atoms with Crippen LogP contribution in [-0.2, 0) is 32.7 Å². The number of hydrogen-bond acceptors (Lipinski definition) is 7. The highest BCUT2D eigenvalue weighted by molar-refractivity contribution is 7.47. The van der Waals surface area contributed by atoms with Gasteiger partial charge in [-0.1, -0.05) is 235 Å². The van der Waals surface area contributed by atoms with Gasteiger partial charge >= 0.3 is 19.8 Å². The first-order valence-electron chi connectivity index (χ1n) is 30.9. The fourth-order valence-electron chi connectivity index (χ4n) is 7.56. The van der Waals surface area contributed by atoms with Crippen LogP contribution in [0.25, 0.3) is 0 Å². The number of ether oxygens (including phenoxy) is 2. The highest BCUT2D eigenvalue weighted by Crippen LogP contribution is 2.43. The molecule has 0 heterocycles. The SMILES string of the molecule is CC/C=C\C/C=C\C/C=C\C/C=C\C/C=C\C/C=C\C/C=C\C/C=C\C/C=C\C/C=C\CCCCCCCCCCCCC(=O)OC(COC(=O)CCCC/C=C\C/C=C\C/C=C\C/C=C\CC)COP(=O)(O)OCC[N+](C)(C)C. The molecule has 2 atom stereocenters. The molecule has 1 N–H and O–H groups in total. The van der Waals surface area contributed by atoms with Crippen molar-refractivity contribution in [2.45, 2.75) is 213 Å². The van der Waals surface area contributed by atoms with Gasteiger partial charge in [0.15, 0.2) is 6.10 Å². The molecule has 0 spiro atoms. The zero-order chi connectivity index (χ0) is 58.4. The van der Waals surface area contributed by atoms with Crippen LogP contribution < -0.4 is 0 Å². The second-order valence-corrected chi connectivity index (χ2v) is 22.4. The van der Waals surface area contributed by atoms with Crippen LogP contribution in [0.3, 0.4) is 0 Å². The molecule has 0 aromatic heterocycles. The number of carbonyl (C=O) groups is 2. The van der Waals surface area contributed by atoms with Crippen molar-refractivity contribution >= 4 is 19.8 Å². The van der Waals surface area contributed by atoms with Crippen molar-refractivity contribution in [3.63, 3.8) is 0 Å². The number of hydrogen-bond donors (Lipinski definition) is 1. The van der Waals surface area contributed by atoms with E-state index >= 15 is 0 Å². The van der Waals surface area contributed by atoms with E-state index in [1.54, 1.807) is 0 Å². The molecule has 9 nitrogen and oxygen atoms in total. The first-order valence-corrected chi connectivity index (χ1v) is 32.4. The number of allylic oxidation sites excluding steroid dienone is 28. The molecular formula is C70H113NO8P+. The molecule has 0 aromatic carbocycles. The van der Waals surface area contributed by atoms with Crippen molar-refractivity contribution in [1.29, 1.82) is 0 Å². The zero-order valence-corrected chi connectivity index (χ0v) is 51.9. The molecule has 0 aliphatic heterocycles. The van der Waals surface area contributed by atoms with Gasteiger partial charge < -0.3 is 18.9 Å². The predicted octanol–water partition coefficient (Wildman–Crippen LogP) is 19.8. The first-order chi connectivity index (χ1) is 39.0. The molecule has 0 aliphatic carbocycles. The van der Waals surface area contributed by atoms with E-state index in [-0.39, 0.29) is 26.1 Å². The first kappa shape index (κ1) is 75.4. The van der Waals surface area contributed by atoms with Crippen LogP contribution in [0.2, 0.25) is 0 Å². The Kier molecular flexibility index (Phi) is 55.6. The second-order valence-electron chi connectivity index (χ2n) is 21.0. The van der Waals surface area contributed by atoms with E-state index in [2.05, 4.69) is 184 Å². The molecule has 10 heteroatoms. The van der Waals surface area contributed by atoms with Crippen LogP contribution in [0.15, 0.2) is 170 Å². The van der Waals surface area contributed by atoms with E-state index in [0.29, 0.717) is 23.9 Å². The number of carbonyl (C=O) groups excluding carboxylic acids is 2. The molecule has 0 aromatic rings. The molecule has 0 amide bonds. The molecule has 0 bridgehead atoms. The average Bonchev–Trinajstić information content (AvgIpc) is 3.42. The highest BCUT2D eigenvalue weighted by atomic mass is 31.2. The Balaban J connectivity index is 4.13. The summed E-state index contributed by atoms with van der Waals surface area (Å²) in [5, 5.41) is 0. The Bertz CT molecular complexity index is 1950. The smallest absolute Gasteiger partial charge is 0.462 e. The van der Waals surface area contributed by atoms with Crippen molar-refractivity contribution < 1.29 is 42.1 Å². The van der Waals surface area contributed by atoms with Crippen LogP contribution in [-0.4, -0.2) is 74.9 Å². The Morgan fingerprint density at radius 2 is 0.675 bits per heavy atom. The molecule has 0 radical (unpaired) electrons. The summed E-state index contributed by atoms with van der Waals surface area (Å²) in [6, 6.07) is 0.